The van der Waals surface area contributed by atoms with Crippen molar-refractivity contribution < 1.29 is 92.8 Å². The third kappa shape index (κ3) is 15.6. The van der Waals surface area contributed by atoms with E-state index in [0.717, 1.165) is 5.57 Å². The summed E-state index contributed by atoms with van der Waals surface area (Å²) in [5.41, 5.74) is -0.712. The summed E-state index contributed by atoms with van der Waals surface area (Å²) >= 11 is 0. The monoisotopic (exact) mass is 1140 g/mol. The van der Waals surface area contributed by atoms with Crippen LogP contribution in [0.1, 0.15) is 151 Å². The summed E-state index contributed by atoms with van der Waals surface area (Å²) in [5, 5.41) is 82.3. The molecule has 8 aliphatic rings. The van der Waals surface area contributed by atoms with Crippen molar-refractivity contribution in [2.75, 3.05) is 13.7 Å². The zero-order valence-electron chi connectivity index (χ0n) is 48.7. The van der Waals surface area contributed by atoms with Crippen LogP contribution in [0, 0.1) is 29.6 Å². The molecule has 456 valence electrons. The van der Waals surface area contributed by atoms with Crippen LogP contribution in [0.15, 0.2) is 60.8 Å². The number of ether oxygens (including phenoxy) is 9. The van der Waals surface area contributed by atoms with Gasteiger partial charge in [-0.1, -0.05) is 82.9 Å². The third-order valence-corrected chi connectivity index (χ3v) is 18.8. The standard InChI is InChI=1S/C62H94O19/c1-10-11-15-42(64)18-34(2)19-52-54(69)56-38(6)57(76-52)58(70)62(72)31-50(67)36(4)51(81-62)17-14-12-13-16-44-23-43(65)27-60(78-44)26-40(20-46(29-60)73-9)21-49(66)37(5)55-35(3)41(32-74-55)22-48-28-59(8,71)33-61(80-48)30-47(75-39(7)63)24-45(79-61)25-53(68)77-56/h10-11,13,15-16,22,35-38,40,42-48,50-52,54-58,64-65,67,69-72H,1-2,12,14,17-21,23-33H2,3-9H3/b15-11+,16-13-,41-22-/t35-,36-,37+,38+,40+,42-,43+,44+,45-,46+,47+,48+,50+,51-,52+,54+,55+,56+,57+,58-,59+,60+,61-,62-/m0/s1. The zero-order valence-corrected chi connectivity index (χ0v) is 48.7. The molecule has 7 heterocycles. The molecule has 0 aromatic heterocycles. The number of Topliss-reactive ketones (excluding diaryl/α,β-unsaturated/α-hetero) is 1. The normalized spacial score (nSPS) is 47.3. The van der Waals surface area contributed by atoms with Crippen molar-refractivity contribution in [2.24, 2.45) is 29.6 Å². The Balaban J connectivity index is 1.10. The molecule has 19 nitrogen and oxygen atoms in total. The summed E-state index contributed by atoms with van der Waals surface area (Å²) in [6.45, 7) is 18.3. The molecule has 0 aromatic rings. The van der Waals surface area contributed by atoms with Crippen molar-refractivity contribution in [1.82, 2.24) is 0 Å². The Kier molecular flexibility index (Phi) is 20.9. The smallest absolute Gasteiger partial charge is 0.308 e. The van der Waals surface area contributed by atoms with Gasteiger partial charge >= 0.3 is 11.9 Å². The van der Waals surface area contributed by atoms with E-state index < -0.39 is 144 Å². The molecule has 0 aromatic carbocycles. The Morgan fingerprint density at radius 3 is 2.37 bits per heavy atom. The van der Waals surface area contributed by atoms with Crippen LogP contribution in [0.4, 0.5) is 0 Å². The Morgan fingerprint density at radius 2 is 1.64 bits per heavy atom. The highest BCUT2D eigenvalue weighted by molar-refractivity contribution is 5.81. The summed E-state index contributed by atoms with van der Waals surface area (Å²) in [5.74, 6) is -7.38. The molecule has 7 N–H and O–H groups in total. The van der Waals surface area contributed by atoms with Gasteiger partial charge in [0.25, 0.3) is 0 Å². The third-order valence-electron chi connectivity index (χ3n) is 18.8. The Morgan fingerprint density at radius 1 is 0.877 bits per heavy atom. The Hall–Kier alpha value is -3.25. The van der Waals surface area contributed by atoms with Gasteiger partial charge in [-0.05, 0) is 63.4 Å². The van der Waals surface area contributed by atoms with Crippen LogP contribution in [-0.4, -0.2) is 182 Å². The maximum Gasteiger partial charge on any atom is 0.308 e. The predicted molar refractivity (Wildman–Crippen MR) is 295 cm³/mol. The molecule has 81 heavy (non-hydrogen) atoms. The lowest BCUT2D eigenvalue weighted by molar-refractivity contribution is -0.350. The number of esters is 2. The molecule has 12 bridgehead atoms. The van der Waals surface area contributed by atoms with Crippen LogP contribution in [0.25, 0.3) is 0 Å². The van der Waals surface area contributed by atoms with Crippen LogP contribution in [-0.2, 0) is 57.0 Å². The highest BCUT2D eigenvalue weighted by atomic mass is 16.7. The summed E-state index contributed by atoms with van der Waals surface area (Å²) in [6, 6.07) is 0. The fourth-order valence-corrected chi connectivity index (χ4v) is 14.9. The van der Waals surface area contributed by atoms with Gasteiger partial charge in [0.1, 0.15) is 30.2 Å². The second-order valence-corrected chi connectivity index (χ2v) is 25.9. The number of hydrogen-bond donors (Lipinski definition) is 7. The van der Waals surface area contributed by atoms with Crippen molar-refractivity contribution in [3.8, 4) is 0 Å². The molecule has 8 rings (SSSR count). The number of carbonyl (C=O) groups is 3. The molecule has 24 atom stereocenters. The van der Waals surface area contributed by atoms with Gasteiger partial charge in [-0.2, -0.15) is 0 Å². The van der Waals surface area contributed by atoms with Crippen LogP contribution in [0.5, 0.6) is 0 Å². The number of ketones is 1. The molecule has 0 unspecified atom stereocenters. The first-order valence-corrected chi connectivity index (χ1v) is 29.8. The van der Waals surface area contributed by atoms with Crippen LogP contribution in [0.3, 0.4) is 0 Å². The van der Waals surface area contributed by atoms with E-state index in [1.807, 2.05) is 39.0 Å². The summed E-state index contributed by atoms with van der Waals surface area (Å²) in [4.78, 5) is 41.3. The average molecular weight is 1140 g/mol. The minimum atomic E-state index is -2.36. The molecule has 1 saturated carbocycles. The van der Waals surface area contributed by atoms with Gasteiger partial charge in [-0.15, -0.1) is 0 Å². The van der Waals surface area contributed by atoms with E-state index in [9.17, 15) is 50.1 Å². The molecule has 6 saturated heterocycles. The molecule has 0 amide bonds. The van der Waals surface area contributed by atoms with Gasteiger partial charge in [-0.25, -0.2) is 0 Å². The first-order valence-electron chi connectivity index (χ1n) is 29.8. The molecule has 1 aliphatic carbocycles. The van der Waals surface area contributed by atoms with Gasteiger partial charge in [0.05, 0.1) is 91.4 Å². The van der Waals surface area contributed by atoms with Crippen molar-refractivity contribution in [3.63, 3.8) is 0 Å². The number of rotatable bonds is 8. The van der Waals surface area contributed by atoms with E-state index in [-0.39, 0.29) is 81.7 Å². The lowest BCUT2D eigenvalue weighted by Gasteiger charge is -2.51. The second kappa shape index (κ2) is 26.6. The lowest BCUT2D eigenvalue weighted by atomic mass is 9.70. The molecule has 19 heteroatoms. The van der Waals surface area contributed by atoms with E-state index in [0.29, 0.717) is 56.9 Å². The molecule has 0 radical (unpaired) electrons. The average Bonchev–Trinajstić information content (AvgIpc) is 3.58. The van der Waals surface area contributed by atoms with Gasteiger partial charge in [0, 0.05) is 95.5 Å². The Labute approximate surface area is 478 Å². The molecule has 7 aliphatic heterocycles. The largest absolute Gasteiger partial charge is 0.462 e. The number of hydrogen-bond acceptors (Lipinski definition) is 19. The predicted octanol–water partition coefficient (Wildman–Crippen LogP) is 5.46. The van der Waals surface area contributed by atoms with Gasteiger partial charge in [0.2, 0.25) is 0 Å². The SMILES string of the molecule is C=C/C=C/[C@H](O)CC(=C)C[C@H]1O[C@@H]2[C@H](C)[C@@H](OC(=O)C[C@@H]3C[C@@H](OC(C)=O)C[C@]4(C[C@](C)(O)C[C@@H](/C=C5/CO[C@@H]([C@H](C)C(=O)C[C@H]6C[C@@H](OC)C[C@]7(C[C@H](O)C[C@@H](/C=C\CCC[C@@H]8O[C@@](O)(C[C@@H](O)[C@@H]8C)[C@H]2O)O7)C6)[C@H]5C)O4)O3)[C@@H]1O. The topological polar surface area (TPSA) is 276 Å². The minimum Gasteiger partial charge on any atom is -0.462 e. The zero-order chi connectivity index (χ0) is 58.8. The summed E-state index contributed by atoms with van der Waals surface area (Å²) < 4.78 is 57.7. The quantitative estimate of drug-likeness (QED) is 0.0904. The van der Waals surface area contributed by atoms with E-state index in [1.165, 1.54) is 19.1 Å². The number of aliphatic hydroxyl groups is 7. The number of aliphatic hydroxyl groups excluding tert-OH is 5. The van der Waals surface area contributed by atoms with Crippen LogP contribution >= 0.6 is 0 Å². The molecular weight excluding hydrogens is 1050 g/mol. The first-order chi connectivity index (χ1) is 38.2. The molecular formula is C62H94O19. The van der Waals surface area contributed by atoms with E-state index >= 15 is 0 Å². The number of methoxy groups -OCH3 is 1. The van der Waals surface area contributed by atoms with Crippen molar-refractivity contribution in [2.45, 2.75) is 265 Å². The van der Waals surface area contributed by atoms with E-state index in [4.69, 9.17) is 42.6 Å². The second-order valence-electron chi connectivity index (χ2n) is 25.9. The van der Waals surface area contributed by atoms with Gasteiger partial charge in [0.15, 0.2) is 11.6 Å². The maximum atomic E-state index is 14.4. The fourth-order valence-electron chi connectivity index (χ4n) is 14.9. The highest BCUT2D eigenvalue weighted by Crippen LogP contribution is 2.49. The van der Waals surface area contributed by atoms with E-state index in [2.05, 4.69) is 13.2 Å². The lowest BCUT2D eigenvalue weighted by Crippen LogP contribution is -2.65. The first kappa shape index (κ1) is 63.8. The summed E-state index contributed by atoms with van der Waals surface area (Å²) in [7, 11) is 1.67. The number of fused-ring (bicyclic) bond motifs is 10. The molecule has 7 fully saturated rings. The number of allylic oxidation sites excluding steroid dienone is 3. The van der Waals surface area contributed by atoms with Crippen molar-refractivity contribution >= 4 is 17.7 Å². The summed E-state index contributed by atoms with van der Waals surface area (Å²) in [6.07, 6.45) is 0.363. The number of carbonyl (C=O) groups excluding carboxylic acids is 3. The minimum absolute atomic E-state index is 0.0326. The van der Waals surface area contributed by atoms with Gasteiger partial charge < -0.3 is 78.4 Å². The van der Waals surface area contributed by atoms with Crippen LogP contribution in [0.2, 0.25) is 0 Å². The van der Waals surface area contributed by atoms with E-state index in [1.54, 1.807) is 27.0 Å². The highest BCUT2D eigenvalue weighted by Gasteiger charge is 2.58. The van der Waals surface area contributed by atoms with Gasteiger partial charge in [-0.3, -0.25) is 14.4 Å². The van der Waals surface area contributed by atoms with Crippen molar-refractivity contribution in [3.05, 3.63) is 60.8 Å². The maximum absolute atomic E-state index is 14.4. The van der Waals surface area contributed by atoms with Crippen LogP contribution < -0.4 is 0 Å². The fraction of sp³-hybridized carbons (Fsp3) is 0.790. The Bertz CT molecular complexity index is 2300. The van der Waals surface area contributed by atoms with Crippen molar-refractivity contribution in [1.29, 1.82) is 0 Å². The molecule has 2 spiro atoms.